The second kappa shape index (κ2) is 10.9. The number of hydrogen-bond acceptors (Lipinski definition) is 4. The number of unbranched alkanes of at least 4 members (excludes halogenated alkanes) is 1. The lowest BCUT2D eigenvalue weighted by Crippen LogP contribution is -2.34. The van der Waals surface area contributed by atoms with Gasteiger partial charge in [0.15, 0.2) is 11.6 Å². The Kier molecular flexibility index (Phi) is 8.83. The van der Waals surface area contributed by atoms with Crippen molar-refractivity contribution in [1.29, 1.82) is 0 Å². The summed E-state index contributed by atoms with van der Waals surface area (Å²) in [7, 11) is 0. The number of halogens is 2. The van der Waals surface area contributed by atoms with Crippen LogP contribution in [0.4, 0.5) is 8.78 Å². The van der Waals surface area contributed by atoms with E-state index in [1.54, 1.807) is 10.8 Å². The molecule has 1 aromatic carbocycles. The van der Waals surface area contributed by atoms with E-state index in [0.717, 1.165) is 18.9 Å². The van der Waals surface area contributed by atoms with Gasteiger partial charge in [-0.1, -0.05) is 40.2 Å². The molecule has 6 nitrogen and oxygen atoms in total. The Hall–Kier alpha value is -2.42. The third-order valence-corrected chi connectivity index (χ3v) is 5.47. The lowest BCUT2D eigenvalue weighted by atomic mass is 9.90. The first-order valence-corrected chi connectivity index (χ1v) is 11.2. The maximum atomic E-state index is 14.6. The van der Waals surface area contributed by atoms with E-state index in [2.05, 4.69) is 22.9 Å². The summed E-state index contributed by atoms with van der Waals surface area (Å²) in [5.74, 6) is -3.64. The number of thiol groups is 1. The summed E-state index contributed by atoms with van der Waals surface area (Å²) in [5.41, 5.74) is -0.115. The van der Waals surface area contributed by atoms with Crippen molar-refractivity contribution < 1.29 is 23.5 Å². The third-order valence-electron chi connectivity index (χ3n) is 5.05. The fraction of sp³-hybridized carbons (Fsp3) is 0.522. The monoisotopic (exact) mass is 467 g/mol. The molecule has 0 aliphatic heterocycles. The lowest BCUT2D eigenvalue weighted by Gasteiger charge is -2.22. The number of aromatic carboxylic acids is 1. The van der Waals surface area contributed by atoms with Crippen molar-refractivity contribution in [2.24, 2.45) is 5.41 Å². The van der Waals surface area contributed by atoms with Gasteiger partial charge in [-0.3, -0.25) is 4.79 Å². The molecule has 0 bridgehead atoms. The highest BCUT2D eigenvalue weighted by Gasteiger charge is 2.23. The largest absolute Gasteiger partial charge is 0.478 e. The van der Waals surface area contributed by atoms with E-state index in [-0.39, 0.29) is 30.0 Å². The summed E-state index contributed by atoms with van der Waals surface area (Å²) >= 11 is 4.40. The van der Waals surface area contributed by atoms with Crippen molar-refractivity contribution in [3.05, 3.63) is 52.6 Å². The van der Waals surface area contributed by atoms with Crippen LogP contribution in [0.15, 0.2) is 18.3 Å². The van der Waals surface area contributed by atoms with Crippen molar-refractivity contribution in [2.45, 2.75) is 71.7 Å². The van der Waals surface area contributed by atoms with Crippen LogP contribution in [0.25, 0.3) is 0 Å². The molecule has 1 atom stereocenters. The highest BCUT2D eigenvalue weighted by atomic mass is 32.1. The Morgan fingerprint density at radius 1 is 1.25 bits per heavy atom. The quantitative estimate of drug-likeness (QED) is 0.446. The van der Waals surface area contributed by atoms with Gasteiger partial charge in [0.2, 0.25) is 5.91 Å². The highest BCUT2D eigenvalue weighted by molar-refractivity contribution is 7.81. The van der Waals surface area contributed by atoms with Crippen LogP contribution in [0.2, 0.25) is 0 Å². The molecule has 2 rings (SSSR count). The average Bonchev–Trinajstić information content (AvgIpc) is 3.07. The van der Waals surface area contributed by atoms with Crippen molar-refractivity contribution in [1.82, 2.24) is 14.9 Å². The maximum Gasteiger partial charge on any atom is 0.338 e. The first-order valence-electron chi connectivity index (χ1n) is 10.6. The normalized spacial score (nSPS) is 12.6. The van der Waals surface area contributed by atoms with Crippen molar-refractivity contribution in [2.75, 3.05) is 0 Å². The molecule has 0 fully saturated rings. The molecule has 0 spiro atoms. The van der Waals surface area contributed by atoms with E-state index in [1.807, 2.05) is 27.7 Å². The van der Waals surface area contributed by atoms with Crippen LogP contribution in [0.5, 0.6) is 0 Å². The molecule has 32 heavy (non-hydrogen) atoms. The summed E-state index contributed by atoms with van der Waals surface area (Å²) < 4.78 is 30.5. The average molecular weight is 468 g/mol. The van der Waals surface area contributed by atoms with E-state index in [0.29, 0.717) is 24.4 Å². The number of amides is 1. The SMILES string of the molecule is CCCCc1ncc(CNC(=O)[C@@H](S)CC(C)(C)C)n1Cc1ccc(C(=O)O)c(F)c1F. The minimum absolute atomic E-state index is 0.00984. The van der Waals surface area contributed by atoms with Crippen LogP contribution in [0.3, 0.4) is 0 Å². The van der Waals surface area contributed by atoms with Gasteiger partial charge in [-0.15, -0.1) is 0 Å². The number of carboxylic acid groups (broad SMARTS) is 1. The summed E-state index contributed by atoms with van der Waals surface area (Å²) in [6, 6.07) is 2.32. The Labute approximate surface area is 192 Å². The first-order chi connectivity index (χ1) is 14.9. The number of hydrogen-bond donors (Lipinski definition) is 3. The van der Waals surface area contributed by atoms with Crippen LogP contribution in [-0.4, -0.2) is 31.8 Å². The summed E-state index contributed by atoms with van der Waals surface area (Å²) in [4.78, 5) is 27.9. The van der Waals surface area contributed by atoms with Gasteiger partial charge in [0, 0.05) is 12.0 Å². The minimum atomic E-state index is -1.53. The topological polar surface area (TPSA) is 84.2 Å². The molecular weight excluding hydrogens is 436 g/mol. The van der Waals surface area contributed by atoms with E-state index in [1.165, 1.54) is 6.07 Å². The molecule has 176 valence electrons. The van der Waals surface area contributed by atoms with Gasteiger partial charge in [-0.25, -0.2) is 18.6 Å². The molecule has 0 aliphatic carbocycles. The number of benzene rings is 1. The van der Waals surface area contributed by atoms with E-state index >= 15 is 0 Å². The molecular formula is C23H31F2N3O3S. The predicted molar refractivity (Wildman–Crippen MR) is 122 cm³/mol. The van der Waals surface area contributed by atoms with Crippen LogP contribution in [-0.2, 0) is 24.3 Å². The van der Waals surface area contributed by atoms with E-state index in [9.17, 15) is 18.4 Å². The Bertz CT molecular complexity index is 970. The molecule has 0 unspecified atom stereocenters. The van der Waals surface area contributed by atoms with Crippen LogP contribution >= 0.6 is 12.6 Å². The molecule has 0 saturated heterocycles. The summed E-state index contributed by atoms with van der Waals surface area (Å²) in [6.07, 6.45) is 4.65. The van der Waals surface area contributed by atoms with Crippen molar-refractivity contribution in [3.63, 3.8) is 0 Å². The first kappa shape index (κ1) is 25.8. The second-order valence-corrected chi connectivity index (χ2v) is 9.68. The molecule has 1 heterocycles. The van der Waals surface area contributed by atoms with Crippen molar-refractivity contribution >= 4 is 24.5 Å². The van der Waals surface area contributed by atoms with Gasteiger partial charge < -0.3 is 15.0 Å². The van der Waals surface area contributed by atoms with Crippen LogP contribution in [0, 0.1) is 17.0 Å². The predicted octanol–water partition coefficient (Wildman–Crippen LogP) is 4.60. The molecule has 2 aromatic rings. The van der Waals surface area contributed by atoms with E-state index < -0.39 is 28.4 Å². The molecule has 1 amide bonds. The molecule has 2 N–H and O–H groups in total. The Balaban J connectivity index is 2.26. The van der Waals surface area contributed by atoms with Gasteiger partial charge in [0.1, 0.15) is 5.82 Å². The Morgan fingerprint density at radius 2 is 1.94 bits per heavy atom. The number of carbonyl (C=O) groups excluding carboxylic acids is 1. The number of aromatic nitrogens is 2. The van der Waals surface area contributed by atoms with Crippen LogP contribution in [0.1, 0.15) is 74.4 Å². The van der Waals surface area contributed by atoms with Gasteiger partial charge in [0.05, 0.1) is 35.8 Å². The van der Waals surface area contributed by atoms with Gasteiger partial charge >= 0.3 is 5.97 Å². The van der Waals surface area contributed by atoms with Crippen LogP contribution < -0.4 is 5.32 Å². The number of nitrogens with one attached hydrogen (secondary N) is 1. The zero-order valence-corrected chi connectivity index (χ0v) is 19.8. The smallest absolute Gasteiger partial charge is 0.338 e. The van der Waals surface area contributed by atoms with Gasteiger partial charge in [-0.2, -0.15) is 12.6 Å². The zero-order valence-electron chi connectivity index (χ0n) is 18.9. The molecule has 9 heteroatoms. The number of carboxylic acids is 1. The highest BCUT2D eigenvalue weighted by Crippen LogP contribution is 2.24. The number of nitrogens with zero attached hydrogens (tertiary/aromatic N) is 2. The fourth-order valence-corrected chi connectivity index (χ4v) is 3.98. The standard InChI is InChI=1S/C23H31F2N3O3S/c1-5-6-7-18-26-11-15(12-27-21(29)17(32)10-23(2,3)4)28(18)13-14-8-9-16(22(30)31)20(25)19(14)24/h8-9,11,17,32H,5-7,10,12-13H2,1-4H3,(H,27,29)(H,30,31)/t17-/m0/s1. The van der Waals surface area contributed by atoms with E-state index in [4.69, 9.17) is 5.11 Å². The lowest BCUT2D eigenvalue weighted by molar-refractivity contribution is -0.121. The summed E-state index contributed by atoms with van der Waals surface area (Å²) in [5, 5.41) is 11.4. The van der Waals surface area contributed by atoms with Gasteiger partial charge in [-0.05, 0) is 24.3 Å². The van der Waals surface area contributed by atoms with Crippen molar-refractivity contribution in [3.8, 4) is 0 Å². The molecule has 0 aliphatic rings. The maximum absolute atomic E-state index is 14.6. The van der Waals surface area contributed by atoms with Gasteiger partial charge in [0.25, 0.3) is 0 Å². The minimum Gasteiger partial charge on any atom is -0.478 e. The number of imidazole rings is 1. The summed E-state index contributed by atoms with van der Waals surface area (Å²) in [6.45, 7) is 8.26. The Morgan fingerprint density at radius 3 is 2.53 bits per heavy atom. The second-order valence-electron chi connectivity index (χ2n) is 9.06. The third kappa shape index (κ3) is 6.79. The zero-order chi connectivity index (χ0) is 24.1. The molecule has 0 saturated carbocycles. The number of aryl methyl sites for hydroxylation is 1. The number of rotatable bonds is 10. The fourth-order valence-electron chi connectivity index (χ4n) is 3.34. The number of carbonyl (C=O) groups is 2. The molecule has 1 aromatic heterocycles. The molecule has 0 radical (unpaired) electrons.